The van der Waals surface area contributed by atoms with Gasteiger partial charge in [-0.25, -0.2) is 0 Å². The van der Waals surface area contributed by atoms with Crippen LogP contribution in [0.5, 0.6) is 0 Å². The number of rotatable bonds is 2. The predicted molar refractivity (Wildman–Crippen MR) is 172 cm³/mol. The molecular weight excluding hydrogens is 504 g/mol. The molecule has 0 aliphatic rings. The second kappa shape index (κ2) is 8.84. The molecule has 0 amide bonds. The van der Waals surface area contributed by atoms with Gasteiger partial charge in [0.05, 0.1) is 31.1 Å². The SMILES string of the molecule is C=c1/c(=c2\c(=C/C)c3ccccc3n2-c2ccccc2)sc2c1ccc1c3ccccc3n(-c3ccccc3)c12. The van der Waals surface area contributed by atoms with E-state index in [1.165, 1.54) is 63.6 Å². The number of nitrogens with zero attached hydrogens (tertiary/aromatic N) is 2. The third-order valence-corrected chi connectivity index (χ3v) is 9.30. The summed E-state index contributed by atoms with van der Waals surface area (Å²) < 4.78 is 7.31. The molecule has 0 aliphatic heterocycles. The maximum absolute atomic E-state index is 4.70. The Bertz CT molecular complexity index is 2440. The van der Waals surface area contributed by atoms with Gasteiger partial charge in [0.2, 0.25) is 0 Å². The first kappa shape index (κ1) is 23.1. The van der Waals surface area contributed by atoms with Crippen LogP contribution in [0.25, 0.3) is 66.8 Å². The molecule has 0 saturated heterocycles. The van der Waals surface area contributed by atoms with E-state index in [0.29, 0.717) is 0 Å². The Morgan fingerprint density at radius 1 is 0.575 bits per heavy atom. The highest BCUT2D eigenvalue weighted by atomic mass is 32.1. The molecule has 0 fully saturated rings. The molecule has 0 unspecified atom stereocenters. The van der Waals surface area contributed by atoms with Crippen LogP contribution in [0.2, 0.25) is 0 Å². The quantitative estimate of drug-likeness (QED) is 0.212. The summed E-state index contributed by atoms with van der Waals surface area (Å²) in [5, 5.41) is 8.53. The smallest absolute Gasteiger partial charge is 0.0719 e. The molecule has 0 radical (unpaired) electrons. The first-order valence-corrected chi connectivity index (χ1v) is 14.4. The molecule has 3 heterocycles. The van der Waals surface area contributed by atoms with Crippen LogP contribution in [0.4, 0.5) is 0 Å². The summed E-state index contributed by atoms with van der Waals surface area (Å²) in [6.45, 7) is 6.84. The maximum atomic E-state index is 4.70. The Morgan fingerprint density at radius 3 is 1.80 bits per heavy atom. The van der Waals surface area contributed by atoms with Gasteiger partial charge in [-0.15, -0.1) is 11.3 Å². The van der Waals surface area contributed by atoms with Crippen molar-refractivity contribution < 1.29 is 0 Å². The van der Waals surface area contributed by atoms with Crippen LogP contribution in [0.15, 0.2) is 121 Å². The molecule has 40 heavy (non-hydrogen) atoms. The van der Waals surface area contributed by atoms with Crippen LogP contribution in [0.3, 0.4) is 0 Å². The predicted octanol–water partition coefficient (Wildman–Crippen LogP) is 8.44. The number of para-hydroxylation sites is 4. The Kier molecular flexibility index (Phi) is 5.10. The average molecular weight is 531 g/mol. The Balaban J connectivity index is 1.66. The third-order valence-electron chi connectivity index (χ3n) is 8.04. The van der Waals surface area contributed by atoms with Crippen LogP contribution in [-0.2, 0) is 0 Å². The summed E-state index contributed by atoms with van der Waals surface area (Å²) in [4.78, 5) is 0. The summed E-state index contributed by atoms with van der Waals surface area (Å²) in [7, 11) is 0. The van der Waals surface area contributed by atoms with Gasteiger partial charge in [0.25, 0.3) is 0 Å². The largest absolute Gasteiger partial charge is 0.308 e. The van der Waals surface area contributed by atoms with Gasteiger partial charge in [-0.3, -0.25) is 0 Å². The molecule has 5 aromatic carbocycles. The molecule has 0 N–H and O–H groups in total. The highest BCUT2D eigenvalue weighted by Crippen LogP contribution is 2.38. The molecule has 0 spiro atoms. The topological polar surface area (TPSA) is 9.86 Å². The van der Waals surface area contributed by atoms with Gasteiger partial charge in [-0.05, 0) is 48.5 Å². The molecular formula is C37H26N2S. The molecule has 0 bridgehead atoms. The van der Waals surface area contributed by atoms with E-state index in [4.69, 9.17) is 6.58 Å². The Hall–Kier alpha value is -4.86. The minimum atomic E-state index is 1.08. The fraction of sp³-hybridized carbons (Fsp3) is 0.0270. The van der Waals surface area contributed by atoms with Crippen molar-refractivity contribution in [3.63, 3.8) is 0 Å². The van der Waals surface area contributed by atoms with E-state index >= 15 is 0 Å². The average Bonchev–Trinajstić information content (AvgIpc) is 3.65. The van der Waals surface area contributed by atoms with E-state index in [1.54, 1.807) is 0 Å². The molecule has 0 saturated carbocycles. The van der Waals surface area contributed by atoms with Gasteiger partial charge in [-0.2, -0.15) is 0 Å². The zero-order valence-electron chi connectivity index (χ0n) is 22.1. The van der Waals surface area contributed by atoms with Crippen molar-refractivity contribution in [2.24, 2.45) is 0 Å². The van der Waals surface area contributed by atoms with Crippen LogP contribution in [0, 0.1) is 9.88 Å². The van der Waals surface area contributed by atoms with E-state index in [0.717, 1.165) is 10.9 Å². The standard InChI is InChI=1S/C37H26N2S/c1-3-27-29-18-10-12-20-32(29)38(25-14-6-4-7-15-25)34(27)36-24(2)28-22-23-31-30-19-11-13-21-33(30)39(35(31)37(28)40-36)26-16-8-5-9-17-26/h3-23H,2H2,1H3/b27-3-,36-34-. The summed E-state index contributed by atoms with van der Waals surface area (Å²) in [6, 6.07) is 43.4. The van der Waals surface area contributed by atoms with E-state index in [9.17, 15) is 0 Å². The lowest BCUT2D eigenvalue weighted by Crippen LogP contribution is -2.07. The fourth-order valence-electron chi connectivity index (χ4n) is 6.32. The first-order chi connectivity index (χ1) is 19.8. The summed E-state index contributed by atoms with van der Waals surface area (Å²) in [5.74, 6) is 0. The minimum Gasteiger partial charge on any atom is -0.308 e. The highest BCUT2D eigenvalue weighted by molar-refractivity contribution is 7.18. The normalized spacial score (nSPS) is 13.3. The third kappa shape index (κ3) is 3.16. The maximum Gasteiger partial charge on any atom is 0.0719 e. The molecule has 190 valence electrons. The molecule has 2 nitrogen and oxygen atoms in total. The Labute approximate surface area is 235 Å². The number of hydrogen-bond donors (Lipinski definition) is 0. The number of fused-ring (bicyclic) bond motifs is 6. The van der Waals surface area contributed by atoms with Gasteiger partial charge in [0, 0.05) is 38.1 Å². The number of thiophene rings is 1. The first-order valence-electron chi connectivity index (χ1n) is 13.6. The number of hydrogen-bond acceptors (Lipinski definition) is 1. The zero-order valence-corrected chi connectivity index (χ0v) is 23.0. The molecule has 3 heteroatoms. The van der Waals surface area contributed by atoms with Crippen molar-refractivity contribution in [2.75, 3.05) is 0 Å². The van der Waals surface area contributed by atoms with Crippen molar-refractivity contribution >= 4 is 66.8 Å². The minimum absolute atomic E-state index is 1.08. The lowest BCUT2D eigenvalue weighted by molar-refractivity contribution is 1.07. The van der Waals surface area contributed by atoms with Crippen LogP contribution < -0.4 is 10.4 Å². The fourth-order valence-corrected chi connectivity index (χ4v) is 7.65. The lowest BCUT2D eigenvalue weighted by Gasteiger charge is -2.08. The molecule has 3 aromatic heterocycles. The van der Waals surface area contributed by atoms with Gasteiger partial charge >= 0.3 is 0 Å². The van der Waals surface area contributed by atoms with E-state index in [-0.39, 0.29) is 0 Å². The van der Waals surface area contributed by atoms with Crippen LogP contribution >= 0.6 is 11.3 Å². The Morgan fingerprint density at radius 2 is 1.12 bits per heavy atom. The van der Waals surface area contributed by atoms with Crippen molar-refractivity contribution in [1.82, 2.24) is 9.13 Å². The summed E-state index contributed by atoms with van der Waals surface area (Å²) in [6.07, 6.45) is 2.25. The lowest BCUT2D eigenvalue weighted by atomic mass is 10.1. The van der Waals surface area contributed by atoms with Crippen LogP contribution in [0.1, 0.15) is 6.92 Å². The van der Waals surface area contributed by atoms with E-state index < -0.39 is 0 Å². The number of aromatic nitrogens is 2. The molecule has 8 rings (SSSR count). The molecule has 0 aliphatic carbocycles. The second-order valence-electron chi connectivity index (χ2n) is 10.2. The van der Waals surface area contributed by atoms with Crippen molar-refractivity contribution in [1.29, 1.82) is 0 Å². The van der Waals surface area contributed by atoms with E-state index in [1.807, 2.05) is 11.3 Å². The summed E-state index contributed by atoms with van der Waals surface area (Å²) >= 11 is 1.86. The molecule has 8 aromatic rings. The van der Waals surface area contributed by atoms with Gasteiger partial charge in [-0.1, -0.05) is 97.6 Å². The van der Waals surface area contributed by atoms with Gasteiger partial charge in [0.1, 0.15) is 0 Å². The van der Waals surface area contributed by atoms with Gasteiger partial charge in [0.15, 0.2) is 0 Å². The molecule has 0 atom stereocenters. The van der Waals surface area contributed by atoms with Crippen LogP contribution in [-0.4, -0.2) is 9.13 Å². The zero-order chi connectivity index (χ0) is 26.8. The van der Waals surface area contributed by atoms with Gasteiger partial charge < -0.3 is 9.13 Å². The number of benzene rings is 5. The van der Waals surface area contributed by atoms with Crippen molar-refractivity contribution in [2.45, 2.75) is 6.92 Å². The summed E-state index contributed by atoms with van der Waals surface area (Å²) in [5.41, 5.74) is 6.00. The monoisotopic (exact) mass is 530 g/mol. The highest BCUT2D eigenvalue weighted by Gasteiger charge is 2.18. The second-order valence-corrected chi connectivity index (χ2v) is 11.2. The van der Waals surface area contributed by atoms with E-state index in [2.05, 4.69) is 143 Å². The van der Waals surface area contributed by atoms with Crippen molar-refractivity contribution in [3.8, 4) is 11.4 Å². The van der Waals surface area contributed by atoms with Crippen molar-refractivity contribution in [3.05, 3.63) is 142 Å².